The fourth-order valence-electron chi connectivity index (χ4n) is 1.88. The minimum Gasteiger partial charge on any atom is -0.273 e. The van der Waals surface area contributed by atoms with Crippen LogP contribution in [0.1, 0.15) is 18.6 Å². The summed E-state index contributed by atoms with van der Waals surface area (Å²) in [5.41, 5.74) is 1.65. The van der Waals surface area contributed by atoms with Gasteiger partial charge in [0, 0.05) is 6.92 Å². The summed E-state index contributed by atoms with van der Waals surface area (Å²) in [6.45, 7) is 5.25. The first-order valence-corrected chi connectivity index (χ1v) is 6.42. The lowest BCUT2D eigenvalue weighted by atomic mass is 10.1. The summed E-state index contributed by atoms with van der Waals surface area (Å²) in [5.74, 6) is -0.181. The number of anilines is 1. The van der Waals surface area contributed by atoms with Crippen LogP contribution in [-0.4, -0.2) is 5.91 Å². The van der Waals surface area contributed by atoms with E-state index in [4.69, 9.17) is 4.84 Å². The number of benzene rings is 2. The molecule has 2 aromatic carbocycles. The third-order valence-corrected chi connectivity index (χ3v) is 2.84. The molecule has 1 amide bonds. The molecule has 0 saturated carbocycles. The van der Waals surface area contributed by atoms with Crippen LogP contribution in [0.3, 0.4) is 0 Å². The third-order valence-electron chi connectivity index (χ3n) is 2.84. The lowest BCUT2D eigenvalue weighted by Crippen LogP contribution is -2.30. The van der Waals surface area contributed by atoms with E-state index < -0.39 is 0 Å². The van der Waals surface area contributed by atoms with Gasteiger partial charge in [-0.2, -0.15) is 5.06 Å². The Bertz CT molecular complexity index is 566. The minimum atomic E-state index is -0.375. The second kappa shape index (κ2) is 6.68. The van der Waals surface area contributed by atoms with Crippen molar-refractivity contribution in [3.8, 4) is 0 Å². The van der Waals surface area contributed by atoms with Gasteiger partial charge in [0.2, 0.25) is 5.91 Å². The van der Waals surface area contributed by atoms with Crippen LogP contribution in [0.25, 0.3) is 0 Å². The van der Waals surface area contributed by atoms with Gasteiger partial charge < -0.3 is 0 Å². The smallest absolute Gasteiger partial charge is 0.247 e. The fraction of sp³-hybridized carbons (Fsp3) is 0.118. The van der Waals surface area contributed by atoms with Gasteiger partial charge in [-0.05, 0) is 17.7 Å². The topological polar surface area (TPSA) is 29.5 Å². The zero-order valence-electron chi connectivity index (χ0n) is 11.4. The van der Waals surface area contributed by atoms with Crippen molar-refractivity contribution in [2.45, 2.75) is 13.0 Å². The van der Waals surface area contributed by atoms with Gasteiger partial charge in [0.05, 0.1) is 5.69 Å². The highest BCUT2D eigenvalue weighted by Crippen LogP contribution is 2.23. The molecule has 2 rings (SSSR count). The van der Waals surface area contributed by atoms with Crippen molar-refractivity contribution in [1.82, 2.24) is 0 Å². The Morgan fingerprint density at radius 1 is 1.10 bits per heavy atom. The van der Waals surface area contributed by atoms with Crippen LogP contribution < -0.4 is 5.06 Å². The molecule has 1 atom stereocenters. The first-order valence-electron chi connectivity index (χ1n) is 6.42. The van der Waals surface area contributed by atoms with Crippen LogP contribution in [-0.2, 0) is 9.63 Å². The van der Waals surface area contributed by atoms with E-state index in [1.165, 1.54) is 12.0 Å². The van der Waals surface area contributed by atoms with Gasteiger partial charge in [-0.25, -0.2) is 0 Å². The summed E-state index contributed by atoms with van der Waals surface area (Å²) < 4.78 is 0. The Balaban J connectivity index is 2.24. The van der Waals surface area contributed by atoms with Gasteiger partial charge in [-0.15, -0.1) is 6.58 Å². The van der Waals surface area contributed by atoms with Gasteiger partial charge in [-0.3, -0.25) is 9.63 Å². The molecule has 3 heteroatoms. The maximum Gasteiger partial charge on any atom is 0.247 e. The highest BCUT2D eigenvalue weighted by Gasteiger charge is 2.18. The molecule has 0 aromatic heterocycles. The zero-order valence-corrected chi connectivity index (χ0v) is 11.4. The normalized spacial score (nSPS) is 11.7. The van der Waals surface area contributed by atoms with Crippen LogP contribution >= 0.6 is 0 Å². The van der Waals surface area contributed by atoms with Gasteiger partial charge in [-0.1, -0.05) is 54.6 Å². The molecule has 102 valence electrons. The van der Waals surface area contributed by atoms with Crippen LogP contribution in [0.5, 0.6) is 0 Å². The number of carbonyl (C=O) groups excluding carboxylic acids is 1. The summed E-state index contributed by atoms with van der Waals surface area (Å²) in [4.78, 5) is 17.6. The number of hydrogen-bond acceptors (Lipinski definition) is 2. The third kappa shape index (κ3) is 3.33. The summed E-state index contributed by atoms with van der Waals surface area (Å²) in [7, 11) is 0. The van der Waals surface area contributed by atoms with Crippen molar-refractivity contribution in [2.75, 3.05) is 5.06 Å². The summed E-state index contributed by atoms with van der Waals surface area (Å²) >= 11 is 0. The molecule has 0 aliphatic heterocycles. The Morgan fingerprint density at radius 2 is 1.65 bits per heavy atom. The number of amides is 1. The van der Waals surface area contributed by atoms with Crippen LogP contribution in [0.15, 0.2) is 73.3 Å². The van der Waals surface area contributed by atoms with E-state index in [-0.39, 0.29) is 12.0 Å². The fourth-order valence-corrected chi connectivity index (χ4v) is 1.88. The molecule has 0 saturated heterocycles. The molecule has 0 aliphatic carbocycles. The maximum atomic E-state index is 11.8. The molecule has 0 heterocycles. The molecule has 0 N–H and O–H groups in total. The lowest BCUT2D eigenvalue weighted by molar-refractivity contribution is -0.125. The summed E-state index contributed by atoms with van der Waals surface area (Å²) in [6.07, 6.45) is 1.30. The average molecular weight is 267 g/mol. The molecule has 0 radical (unpaired) electrons. The molecule has 1 unspecified atom stereocenters. The number of rotatable bonds is 5. The molecule has 0 aliphatic rings. The molecule has 2 aromatic rings. The number of hydroxylamine groups is 1. The van der Waals surface area contributed by atoms with Gasteiger partial charge in [0.25, 0.3) is 0 Å². The summed E-state index contributed by atoms with van der Waals surface area (Å²) in [5, 5.41) is 1.29. The van der Waals surface area contributed by atoms with Crippen molar-refractivity contribution in [3.05, 3.63) is 78.9 Å². The van der Waals surface area contributed by atoms with E-state index in [1.54, 1.807) is 6.08 Å². The molecule has 0 spiro atoms. The predicted octanol–water partition coefficient (Wildman–Crippen LogP) is 3.90. The van der Waals surface area contributed by atoms with Gasteiger partial charge in [0.15, 0.2) is 0 Å². The number of carbonyl (C=O) groups is 1. The standard InChI is InChI=1S/C17H17NO2/c1-3-17(15-10-6-4-7-11-15)20-18(14(2)19)16-12-8-5-9-13-16/h3-13,17H,1H2,2H3. The van der Waals surface area contributed by atoms with E-state index in [1.807, 2.05) is 60.7 Å². The van der Waals surface area contributed by atoms with E-state index in [2.05, 4.69) is 6.58 Å². The molecule has 0 fully saturated rings. The van der Waals surface area contributed by atoms with Crippen molar-refractivity contribution >= 4 is 11.6 Å². The Morgan fingerprint density at radius 3 is 2.15 bits per heavy atom. The van der Waals surface area contributed by atoms with Crippen molar-refractivity contribution < 1.29 is 9.63 Å². The monoisotopic (exact) mass is 267 g/mol. The highest BCUT2D eigenvalue weighted by molar-refractivity contribution is 5.89. The van der Waals surface area contributed by atoms with E-state index >= 15 is 0 Å². The molecule has 0 bridgehead atoms. The van der Waals surface area contributed by atoms with Crippen LogP contribution in [0, 0.1) is 0 Å². The SMILES string of the molecule is C=CC(ON(C(C)=O)c1ccccc1)c1ccccc1. The average Bonchev–Trinajstić information content (AvgIpc) is 2.50. The number of para-hydroxylation sites is 1. The molecular weight excluding hydrogens is 250 g/mol. The van der Waals surface area contributed by atoms with Gasteiger partial charge in [0.1, 0.15) is 6.10 Å². The maximum absolute atomic E-state index is 11.8. The molecule has 20 heavy (non-hydrogen) atoms. The van der Waals surface area contributed by atoms with Crippen molar-refractivity contribution in [3.63, 3.8) is 0 Å². The van der Waals surface area contributed by atoms with E-state index in [0.29, 0.717) is 5.69 Å². The first kappa shape index (κ1) is 14.0. The Kier molecular flexibility index (Phi) is 4.69. The quantitative estimate of drug-likeness (QED) is 0.607. The van der Waals surface area contributed by atoms with E-state index in [9.17, 15) is 4.79 Å². The molecular formula is C17H17NO2. The zero-order chi connectivity index (χ0) is 14.4. The first-order chi connectivity index (χ1) is 9.72. The minimum absolute atomic E-state index is 0.181. The molecule has 3 nitrogen and oxygen atoms in total. The second-order valence-corrected chi connectivity index (χ2v) is 4.32. The largest absolute Gasteiger partial charge is 0.273 e. The van der Waals surface area contributed by atoms with Gasteiger partial charge >= 0.3 is 0 Å². The number of hydrogen-bond donors (Lipinski definition) is 0. The van der Waals surface area contributed by atoms with Crippen LogP contribution in [0.2, 0.25) is 0 Å². The Labute approximate surface area is 119 Å². The summed E-state index contributed by atoms with van der Waals surface area (Å²) in [6, 6.07) is 18.9. The van der Waals surface area contributed by atoms with E-state index in [0.717, 1.165) is 5.56 Å². The van der Waals surface area contributed by atoms with Crippen molar-refractivity contribution in [1.29, 1.82) is 0 Å². The second-order valence-electron chi connectivity index (χ2n) is 4.32. The highest BCUT2D eigenvalue weighted by atomic mass is 16.7. The number of nitrogens with zero attached hydrogens (tertiary/aromatic N) is 1. The van der Waals surface area contributed by atoms with Crippen LogP contribution in [0.4, 0.5) is 5.69 Å². The lowest BCUT2D eigenvalue weighted by Gasteiger charge is -2.25. The van der Waals surface area contributed by atoms with Crippen molar-refractivity contribution in [2.24, 2.45) is 0 Å². The Hall–Kier alpha value is -2.39. The predicted molar refractivity (Wildman–Crippen MR) is 80.1 cm³/mol.